The molecule has 106 valence electrons. The quantitative estimate of drug-likeness (QED) is 0.861. The van der Waals surface area contributed by atoms with Crippen molar-refractivity contribution in [3.05, 3.63) is 29.8 Å². The van der Waals surface area contributed by atoms with E-state index in [-0.39, 0.29) is 0 Å². The summed E-state index contributed by atoms with van der Waals surface area (Å²) in [5.74, 6) is 0.878. The Hall–Kier alpha value is -1.02. The number of hydrogen-bond donors (Lipinski definition) is 1. The van der Waals surface area contributed by atoms with Crippen LogP contribution in [0.5, 0.6) is 0 Å². The number of nitrogens with zero attached hydrogens (tertiary/aromatic N) is 1. The third kappa shape index (κ3) is 3.73. The van der Waals surface area contributed by atoms with E-state index in [4.69, 9.17) is 0 Å². The van der Waals surface area contributed by atoms with Crippen molar-refractivity contribution in [2.45, 2.75) is 51.6 Å². The molecule has 0 amide bonds. The molecule has 0 bridgehead atoms. The summed E-state index contributed by atoms with van der Waals surface area (Å²) >= 11 is 0. The van der Waals surface area contributed by atoms with E-state index in [0.29, 0.717) is 12.1 Å². The lowest BCUT2D eigenvalue weighted by Crippen LogP contribution is -2.34. The molecule has 1 aromatic carbocycles. The van der Waals surface area contributed by atoms with Gasteiger partial charge in [-0.25, -0.2) is 0 Å². The molecule has 1 aliphatic carbocycles. The normalized spacial score (nSPS) is 19.4. The average Bonchev–Trinajstić information content (AvgIpc) is 2.92. The predicted octanol–water partition coefficient (Wildman–Crippen LogP) is 3.98. The van der Waals surface area contributed by atoms with Crippen molar-refractivity contribution in [2.75, 3.05) is 19.0 Å². The van der Waals surface area contributed by atoms with E-state index in [1.54, 1.807) is 0 Å². The largest absolute Gasteiger partial charge is 0.378 e. The first-order valence-electron chi connectivity index (χ1n) is 7.61. The molecular formula is C17H28N2. The van der Waals surface area contributed by atoms with Gasteiger partial charge in [0.2, 0.25) is 0 Å². The molecule has 0 saturated heterocycles. The first-order chi connectivity index (χ1) is 9.08. The minimum absolute atomic E-state index is 0.437. The van der Waals surface area contributed by atoms with Crippen molar-refractivity contribution in [1.29, 1.82) is 0 Å². The molecule has 1 fully saturated rings. The maximum atomic E-state index is 3.77. The summed E-state index contributed by atoms with van der Waals surface area (Å²) in [6.45, 7) is 4.62. The first-order valence-corrected chi connectivity index (χ1v) is 7.61. The van der Waals surface area contributed by atoms with Crippen LogP contribution in [0.25, 0.3) is 0 Å². The van der Waals surface area contributed by atoms with Crippen LogP contribution in [0.3, 0.4) is 0 Å². The highest BCUT2D eigenvalue weighted by Gasteiger charge is 2.22. The topological polar surface area (TPSA) is 15.3 Å². The lowest BCUT2D eigenvalue weighted by atomic mass is 9.98. The highest BCUT2D eigenvalue weighted by atomic mass is 15.1. The Labute approximate surface area is 118 Å². The van der Waals surface area contributed by atoms with Gasteiger partial charge in [-0.1, -0.05) is 25.0 Å². The minimum atomic E-state index is 0.437. The Morgan fingerprint density at radius 1 is 1.05 bits per heavy atom. The van der Waals surface area contributed by atoms with E-state index in [1.165, 1.54) is 36.9 Å². The zero-order valence-corrected chi connectivity index (χ0v) is 12.8. The van der Waals surface area contributed by atoms with Crippen LogP contribution in [0.15, 0.2) is 24.3 Å². The van der Waals surface area contributed by atoms with Gasteiger partial charge in [0.15, 0.2) is 0 Å². The minimum Gasteiger partial charge on any atom is -0.378 e. The SMILES string of the molecule is CC(NC(C)C1CCCC1)c1ccc(N(C)C)cc1. The van der Waals surface area contributed by atoms with Crippen LogP contribution >= 0.6 is 0 Å². The van der Waals surface area contributed by atoms with Crippen LogP contribution in [-0.4, -0.2) is 20.1 Å². The zero-order valence-electron chi connectivity index (χ0n) is 12.8. The van der Waals surface area contributed by atoms with E-state index in [2.05, 4.69) is 62.4 Å². The molecule has 2 nitrogen and oxygen atoms in total. The summed E-state index contributed by atoms with van der Waals surface area (Å²) in [6.07, 6.45) is 5.64. The van der Waals surface area contributed by atoms with Crippen molar-refractivity contribution in [3.8, 4) is 0 Å². The Bertz CT molecular complexity index is 377. The Morgan fingerprint density at radius 2 is 1.63 bits per heavy atom. The van der Waals surface area contributed by atoms with Gasteiger partial charge in [-0.05, 0) is 50.3 Å². The molecule has 0 heterocycles. The summed E-state index contributed by atoms with van der Waals surface area (Å²) in [5.41, 5.74) is 2.65. The van der Waals surface area contributed by atoms with Crippen LogP contribution in [0.4, 0.5) is 5.69 Å². The highest BCUT2D eigenvalue weighted by Crippen LogP contribution is 2.29. The molecule has 2 rings (SSSR count). The molecule has 0 radical (unpaired) electrons. The van der Waals surface area contributed by atoms with Gasteiger partial charge in [-0.15, -0.1) is 0 Å². The molecule has 19 heavy (non-hydrogen) atoms. The molecule has 1 aliphatic rings. The predicted molar refractivity (Wildman–Crippen MR) is 83.7 cm³/mol. The molecule has 1 aromatic rings. The van der Waals surface area contributed by atoms with Crippen LogP contribution in [0.2, 0.25) is 0 Å². The molecular weight excluding hydrogens is 232 g/mol. The van der Waals surface area contributed by atoms with Gasteiger partial charge in [0.1, 0.15) is 0 Å². The molecule has 1 saturated carbocycles. The fraction of sp³-hybridized carbons (Fsp3) is 0.647. The lowest BCUT2D eigenvalue weighted by molar-refractivity contribution is 0.352. The maximum Gasteiger partial charge on any atom is 0.0361 e. The third-order valence-electron chi connectivity index (χ3n) is 4.53. The second kappa shape index (κ2) is 6.42. The van der Waals surface area contributed by atoms with Crippen molar-refractivity contribution >= 4 is 5.69 Å². The van der Waals surface area contributed by atoms with Gasteiger partial charge < -0.3 is 10.2 Å². The second-order valence-corrected chi connectivity index (χ2v) is 6.21. The lowest BCUT2D eigenvalue weighted by Gasteiger charge is -2.25. The summed E-state index contributed by atoms with van der Waals surface area (Å²) in [5, 5.41) is 3.77. The molecule has 1 N–H and O–H groups in total. The van der Waals surface area contributed by atoms with E-state index in [9.17, 15) is 0 Å². The number of rotatable bonds is 5. The van der Waals surface area contributed by atoms with Crippen molar-refractivity contribution < 1.29 is 0 Å². The molecule has 0 aliphatic heterocycles. The van der Waals surface area contributed by atoms with E-state index in [0.717, 1.165) is 5.92 Å². The van der Waals surface area contributed by atoms with E-state index >= 15 is 0 Å². The molecule has 2 heteroatoms. The average molecular weight is 260 g/mol. The van der Waals surface area contributed by atoms with Crippen LogP contribution in [0.1, 0.15) is 51.1 Å². The summed E-state index contributed by atoms with van der Waals surface area (Å²) in [7, 11) is 4.16. The molecule has 2 unspecified atom stereocenters. The molecule has 2 atom stereocenters. The fourth-order valence-corrected chi connectivity index (χ4v) is 3.15. The summed E-state index contributed by atoms with van der Waals surface area (Å²) < 4.78 is 0. The van der Waals surface area contributed by atoms with Gasteiger partial charge in [0.25, 0.3) is 0 Å². The van der Waals surface area contributed by atoms with Crippen LogP contribution in [-0.2, 0) is 0 Å². The van der Waals surface area contributed by atoms with Crippen molar-refractivity contribution in [2.24, 2.45) is 5.92 Å². The standard InChI is InChI=1S/C17H28N2/c1-13(15-7-5-6-8-15)18-14(2)16-9-11-17(12-10-16)19(3)4/h9-15,18H,5-8H2,1-4H3. The van der Waals surface area contributed by atoms with Crippen LogP contribution < -0.4 is 10.2 Å². The van der Waals surface area contributed by atoms with Gasteiger partial charge in [-0.3, -0.25) is 0 Å². The summed E-state index contributed by atoms with van der Waals surface area (Å²) in [6, 6.07) is 9.96. The fourth-order valence-electron chi connectivity index (χ4n) is 3.15. The summed E-state index contributed by atoms with van der Waals surface area (Å²) in [4.78, 5) is 2.14. The Morgan fingerprint density at radius 3 is 2.16 bits per heavy atom. The number of nitrogens with one attached hydrogen (secondary N) is 1. The second-order valence-electron chi connectivity index (χ2n) is 6.21. The van der Waals surface area contributed by atoms with Crippen LogP contribution in [0, 0.1) is 5.92 Å². The molecule has 0 aromatic heterocycles. The van der Waals surface area contributed by atoms with Crippen molar-refractivity contribution in [1.82, 2.24) is 5.32 Å². The van der Waals surface area contributed by atoms with Crippen molar-refractivity contribution in [3.63, 3.8) is 0 Å². The van der Waals surface area contributed by atoms with Gasteiger partial charge in [0.05, 0.1) is 0 Å². The third-order valence-corrected chi connectivity index (χ3v) is 4.53. The first kappa shape index (κ1) is 14.4. The van der Waals surface area contributed by atoms with E-state index < -0.39 is 0 Å². The van der Waals surface area contributed by atoms with Gasteiger partial charge in [-0.2, -0.15) is 0 Å². The van der Waals surface area contributed by atoms with E-state index in [1.807, 2.05) is 0 Å². The number of benzene rings is 1. The Balaban J connectivity index is 1.93. The molecule has 0 spiro atoms. The highest BCUT2D eigenvalue weighted by molar-refractivity contribution is 5.46. The van der Waals surface area contributed by atoms with Gasteiger partial charge >= 0.3 is 0 Å². The zero-order chi connectivity index (χ0) is 13.8. The monoisotopic (exact) mass is 260 g/mol. The number of hydrogen-bond acceptors (Lipinski definition) is 2. The Kier molecular flexibility index (Phi) is 4.87. The maximum absolute atomic E-state index is 3.77. The smallest absolute Gasteiger partial charge is 0.0361 e. The number of anilines is 1. The van der Waals surface area contributed by atoms with Gasteiger partial charge in [0, 0.05) is 31.9 Å².